The van der Waals surface area contributed by atoms with E-state index in [0.717, 1.165) is 8.95 Å². The summed E-state index contributed by atoms with van der Waals surface area (Å²) in [6.07, 6.45) is 0. The van der Waals surface area contributed by atoms with Crippen LogP contribution in [0.5, 0.6) is 0 Å². The summed E-state index contributed by atoms with van der Waals surface area (Å²) in [4.78, 5) is 23.5. The van der Waals surface area contributed by atoms with E-state index >= 15 is 0 Å². The van der Waals surface area contributed by atoms with Crippen molar-refractivity contribution in [2.45, 2.75) is 0 Å². The Morgan fingerprint density at radius 1 is 0.640 bits per heavy atom. The summed E-state index contributed by atoms with van der Waals surface area (Å²) in [7, 11) is 0. The van der Waals surface area contributed by atoms with Gasteiger partial charge in [-0.3, -0.25) is 0 Å². The summed E-state index contributed by atoms with van der Waals surface area (Å²) in [5.41, 5.74) is 0.957. The SMILES string of the molecule is O=C(OCCOCCOC(=O)c1ccc(Br)cc1)c1ccc(Br)cc1. The molecule has 0 fully saturated rings. The number of halogens is 2. The maximum absolute atomic E-state index is 11.7. The van der Waals surface area contributed by atoms with Crippen LogP contribution in [0.3, 0.4) is 0 Å². The third-order valence-electron chi connectivity index (χ3n) is 3.08. The quantitative estimate of drug-likeness (QED) is 0.425. The number of carbonyl (C=O) groups excluding carboxylic acids is 2. The second-order valence-corrected chi connectivity index (χ2v) is 6.73. The Morgan fingerprint density at radius 3 is 1.36 bits per heavy atom. The topological polar surface area (TPSA) is 61.8 Å². The molecule has 0 bridgehead atoms. The summed E-state index contributed by atoms with van der Waals surface area (Å²) < 4.78 is 17.2. The first-order valence-corrected chi connectivity index (χ1v) is 9.08. The Labute approximate surface area is 162 Å². The highest BCUT2D eigenvalue weighted by Gasteiger charge is 2.07. The van der Waals surface area contributed by atoms with Crippen LogP contribution >= 0.6 is 31.9 Å². The van der Waals surface area contributed by atoms with E-state index in [2.05, 4.69) is 31.9 Å². The van der Waals surface area contributed by atoms with Crippen molar-refractivity contribution in [3.8, 4) is 0 Å². The van der Waals surface area contributed by atoms with Gasteiger partial charge in [-0.05, 0) is 48.5 Å². The Balaban J connectivity index is 1.56. The Kier molecular flexibility index (Phi) is 8.11. The first-order chi connectivity index (χ1) is 12.1. The minimum absolute atomic E-state index is 0.134. The molecular formula is C18H16Br2O5. The van der Waals surface area contributed by atoms with Crippen molar-refractivity contribution in [3.63, 3.8) is 0 Å². The molecule has 0 spiro atoms. The van der Waals surface area contributed by atoms with E-state index in [9.17, 15) is 9.59 Å². The van der Waals surface area contributed by atoms with Crippen molar-refractivity contribution in [1.82, 2.24) is 0 Å². The van der Waals surface area contributed by atoms with Crippen molar-refractivity contribution in [3.05, 3.63) is 68.6 Å². The summed E-state index contributed by atoms with van der Waals surface area (Å²) in [5, 5.41) is 0. The van der Waals surface area contributed by atoms with Gasteiger partial charge >= 0.3 is 11.9 Å². The molecule has 0 saturated heterocycles. The minimum Gasteiger partial charge on any atom is -0.460 e. The number of benzene rings is 2. The van der Waals surface area contributed by atoms with Crippen molar-refractivity contribution >= 4 is 43.8 Å². The van der Waals surface area contributed by atoms with Gasteiger partial charge in [0.05, 0.1) is 24.3 Å². The molecule has 0 atom stereocenters. The third kappa shape index (κ3) is 6.97. The van der Waals surface area contributed by atoms with Gasteiger partial charge in [0.1, 0.15) is 13.2 Å². The summed E-state index contributed by atoms with van der Waals surface area (Å²) >= 11 is 6.60. The molecule has 2 aromatic carbocycles. The van der Waals surface area contributed by atoms with Crippen molar-refractivity contribution < 1.29 is 23.8 Å². The molecule has 0 aliphatic heterocycles. The number of hydrogen-bond donors (Lipinski definition) is 0. The summed E-state index contributed by atoms with van der Waals surface area (Å²) in [6, 6.07) is 13.8. The average Bonchev–Trinajstić information content (AvgIpc) is 2.61. The number of ether oxygens (including phenoxy) is 3. The Morgan fingerprint density at radius 2 is 1.00 bits per heavy atom. The fraction of sp³-hybridized carbons (Fsp3) is 0.222. The molecular weight excluding hydrogens is 456 g/mol. The molecule has 0 amide bonds. The molecule has 0 radical (unpaired) electrons. The molecule has 132 valence electrons. The van der Waals surface area contributed by atoms with E-state index in [1.54, 1.807) is 48.5 Å². The summed E-state index contributed by atoms with van der Waals surface area (Å²) in [6.45, 7) is 0.737. The van der Waals surface area contributed by atoms with Crippen LogP contribution in [0.25, 0.3) is 0 Å². The van der Waals surface area contributed by atoms with E-state index in [-0.39, 0.29) is 26.4 Å². The predicted octanol–water partition coefficient (Wildman–Crippen LogP) is 4.24. The van der Waals surface area contributed by atoms with E-state index in [1.165, 1.54) is 0 Å². The third-order valence-corrected chi connectivity index (χ3v) is 4.14. The molecule has 0 aromatic heterocycles. The smallest absolute Gasteiger partial charge is 0.338 e. The monoisotopic (exact) mass is 470 g/mol. The van der Waals surface area contributed by atoms with E-state index < -0.39 is 11.9 Å². The van der Waals surface area contributed by atoms with Crippen molar-refractivity contribution in [1.29, 1.82) is 0 Å². The standard InChI is InChI=1S/C18H16Br2O5/c19-15-5-1-13(2-6-15)17(21)24-11-9-23-10-12-25-18(22)14-3-7-16(20)8-4-14/h1-8H,9-12H2. The van der Waals surface area contributed by atoms with Crippen LogP contribution in [-0.4, -0.2) is 38.4 Å². The molecule has 0 N–H and O–H groups in total. The lowest BCUT2D eigenvalue weighted by atomic mass is 10.2. The number of rotatable bonds is 8. The molecule has 5 nitrogen and oxygen atoms in total. The maximum Gasteiger partial charge on any atom is 0.338 e. The number of esters is 2. The van der Waals surface area contributed by atoms with Crippen LogP contribution in [-0.2, 0) is 14.2 Å². The molecule has 0 heterocycles. The van der Waals surface area contributed by atoms with Gasteiger partial charge < -0.3 is 14.2 Å². The van der Waals surface area contributed by atoms with Gasteiger partial charge in [-0.1, -0.05) is 31.9 Å². The maximum atomic E-state index is 11.7. The lowest BCUT2D eigenvalue weighted by Gasteiger charge is -2.07. The lowest BCUT2D eigenvalue weighted by molar-refractivity contribution is 0.0151. The molecule has 0 aliphatic rings. The molecule has 7 heteroatoms. The zero-order chi connectivity index (χ0) is 18.1. The highest BCUT2D eigenvalue weighted by Crippen LogP contribution is 2.12. The number of carbonyl (C=O) groups is 2. The van der Waals surface area contributed by atoms with Crippen LogP contribution in [0.15, 0.2) is 57.5 Å². The van der Waals surface area contributed by atoms with Crippen molar-refractivity contribution in [2.24, 2.45) is 0 Å². The second-order valence-electron chi connectivity index (χ2n) is 4.90. The molecule has 0 saturated carbocycles. The fourth-order valence-electron chi connectivity index (χ4n) is 1.83. The van der Waals surface area contributed by atoms with Gasteiger partial charge in [-0.2, -0.15) is 0 Å². The lowest BCUT2D eigenvalue weighted by Crippen LogP contribution is -2.14. The van der Waals surface area contributed by atoms with Crippen LogP contribution in [0.2, 0.25) is 0 Å². The highest BCUT2D eigenvalue weighted by atomic mass is 79.9. The van der Waals surface area contributed by atoms with Gasteiger partial charge in [0.25, 0.3) is 0 Å². The Bertz CT molecular complexity index is 637. The molecule has 0 unspecified atom stereocenters. The second kappa shape index (κ2) is 10.3. The van der Waals surface area contributed by atoms with Gasteiger partial charge in [0, 0.05) is 8.95 Å². The molecule has 25 heavy (non-hydrogen) atoms. The molecule has 0 aliphatic carbocycles. The molecule has 2 aromatic rings. The first kappa shape index (κ1) is 19.6. The first-order valence-electron chi connectivity index (χ1n) is 7.49. The van der Waals surface area contributed by atoms with Gasteiger partial charge in [0.2, 0.25) is 0 Å². The zero-order valence-corrected chi connectivity index (χ0v) is 16.4. The van der Waals surface area contributed by atoms with E-state index in [4.69, 9.17) is 14.2 Å². The normalized spacial score (nSPS) is 10.3. The van der Waals surface area contributed by atoms with E-state index in [1.807, 2.05) is 0 Å². The Hall–Kier alpha value is -1.70. The van der Waals surface area contributed by atoms with Gasteiger partial charge in [-0.25, -0.2) is 9.59 Å². The van der Waals surface area contributed by atoms with Gasteiger partial charge in [-0.15, -0.1) is 0 Å². The predicted molar refractivity (Wildman–Crippen MR) is 99.7 cm³/mol. The number of hydrogen-bond acceptors (Lipinski definition) is 5. The van der Waals surface area contributed by atoms with Crippen LogP contribution in [0.4, 0.5) is 0 Å². The van der Waals surface area contributed by atoms with Crippen LogP contribution < -0.4 is 0 Å². The zero-order valence-electron chi connectivity index (χ0n) is 13.2. The minimum atomic E-state index is -0.405. The highest BCUT2D eigenvalue weighted by molar-refractivity contribution is 9.10. The van der Waals surface area contributed by atoms with E-state index in [0.29, 0.717) is 11.1 Å². The van der Waals surface area contributed by atoms with Crippen molar-refractivity contribution in [2.75, 3.05) is 26.4 Å². The van der Waals surface area contributed by atoms with Crippen LogP contribution in [0, 0.1) is 0 Å². The largest absolute Gasteiger partial charge is 0.460 e. The van der Waals surface area contributed by atoms with Crippen LogP contribution in [0.1, 0.15) is 20.7 Å². The fourth-order valence-corrected chi connectivity index (χ4v) is 2.36. The van der Waals surface area contributed by atoms with Gasteiger partial charge in [0.15, 0.2) is 0 Å². The average molecular weight is 472 g/mol. The summed E-state index contributed by atoms with van der Waals surface area (Å²) in [5.74, 6) is -0.810. The molecule has 2 rings (SSSR count).